The minimum absolute atomic E-state index is 0.887. The summed E-state index contributed by atoms with van der Waals surface area (Å²) < 4.78 is 5.42. The second-order valence-electron chi connectivity index (χ2n) is 3.36. The zero-order chi connectivity index (χ0) is 7.23. The van der Waals surface area contributed by atoms with E-state index in [1.165, 1.54) is 32.1 Å². The van der Waals surface area contributed by atoms with Crippen LogP contribution >= 0.6 is 0 Å². The van der Waals surface area contributed by atoms with Crippen LogP contribution in [-0.4, -0.2) is 13.2 Å². The molecule has 1 unspecified atom stereocenters. The molecule has 0 N–H and O–H groups in total. The molecule has 1 aliphatic heterocycles. The summed E-state index contributed by atoms with van der Waals surface area (Å²) in [5.74, 6) is 0.887. The van der Waals surface area contributed by atoms with Gasteiger partial charge in [-0.25, -0.2) is 0 Å². The first-order chi connectivity index (χ1) is 4.89. The molecule has 0 saturated carbocycles. The van der Waals surface area contributed by atoms with Crippen molar-refractivity contribution < 1.29 is 4.74 Å². The van der Waals surface area contributed by atoms with E-state index in [1.54, 1.807) is 0 Å². The van der Waals surface area contributed by atoms with Gasteiger partial charge in [-0.3, -0.25) is 0 Å². The Morgan fingerprint density at radius 1 is 1.00 bits per heavy atom. The third kappa shape index (κ3) is 3.21. The second kappa shape index (κ2) is 4.73. The fraction of sp³-hybridized carbons (Fsp3) is 1.00. The molecule has 0 aromatic rings. The van der Waals surface area contributed by atoms with Gasteiger partial charge in [0, 0.05) is 13.2 Å². The Hall–Kier alpha value is -0.0400. The van der Waals surface area contributed by atoms with Crippen molar-refractivity contribution in [1.29, 1.82) is 0 Å². The van der Waals surface area contributed by atoms with Gasteiger partial charge in [0.25, 0.3) is 0 Å². The van der Waals surface area contributed by atoms with Crippen molar-refractivity contribution in [3.63, 3.8) is 0 Å². The summed E-state index contributed by atoms with van der Waals surface area (Å²) in [4.78, 5) is 0. The third-order valence-corrected chi connectivity index (χ3v) is 2.24. The van der Waals surface area contributed by atoms with Crippen molar-refractivity contribution in [2.45, 2.75) is 39.0 Å². The van der Waals surface area contributed by atoms with E-state index in [9.17, 15) is 0 Å². The zero-order valence-electron chi connectivity index (χ0n) is 6.94. The molecule has 1 aliphatic rings. The zero-order valence-corrected chi connectivity index (χ0v) is 6.94. The molecule has 1 atom stereocenters. The first-order valence-corrected chi connectivity index (χ1v) is 4.47. The van der Waals surface area contributed by atoms with Crippen molar-refractivity contribution in [2.75, 3.05) is 13.2 Å². The Balaban J connectivity index is 2.15. The molecule has 1 heteroatoms. The topological polar surface area (TPSA) is 9.23 Å². The maximum Gasteiger partial charge on any atom is 0.0468 e. The van der Waals surface area contributed by atoms with Crippen LogP contribution < -0.4 is 0 Å². The fourth-order valence-corrected chi connectivity index (χ4v) is 1.40. The lowest BCUT2D eigenvalue weighted by Crippen LogP contribution is -1.99. The molecule has 0 bridgehead atoms. The molecule has 1 saturated heterocycles. The van der Waals surface area contributed by atoms with Gasteiger partial charge in [-0.05, 0) is 18.8 Å². The number of hydrogen-bond acceptors (Lipinski definition) is 1. The van der Waals surface area contributed by atoms with E-state index in [4.69, 9.17) is 4.74 Å². The van der Waals surface area contributed by atoms with Crippen LogP contribution in [0.25, 0.3) is 0 Å². The Labute approximate surface area is 63.8 Å². The molecular formula is C9H18O. The minimum Gasteiger partial charge on any atom is -0.381 e. The smallest absolute Gasteiger partial charge is 0.0468 e. The van der Waals surface area contributed by atoms with Crippen LogP contribution in [0.4, 0.5) is 0 Å². The lowest BCUT2D eigenvalue weighted by molar-refractivity contribution is 0.124. The largest absolute Gasteiger partial charge is 0.381 e. The molecule has 1 nitrogen and oxygen atoms in total. The van der Waals surface area contributed by atoms with Gasteiger partial charge < -0.3 is 4.74 Å². The van der Waals surface area contributed by atoms with Gasteiger partial charge in [-0.2, -0.15) is 0 Å². The van der Waals surface area contributed by atoms with Crippen LogP contribution in [0.3, 0.4) is 0 Å². The molecule has 0 aliphatic carbocycles. The van der Waals surface area contributed by atoms with E-state index in [1.807, 2.05) is 0 Å². The Morgan fingerprint density at radius 2 is 1.90 bits per heavy atom. The van der Waals surface area contributed by atoms with E-state index in [0.29, 0.717) is 0 Å². The van der Waals surface area contributed by atoms with Gasteiger partial charge in [0.1, 0.15) is 0 Å². The highest BCUT2D eigenvalue weighted by atomic mass is 16.5. The molecule has 1 heterocycles. The Bertz CT molecular complexity index is 70.8. The van der Waals surface area contributed by atoms with Crippen molar-refractivity contribution in [1.82, 2.24) is 0 Å². The number of rotatable bonds is 0. The average molecular weight is 142 g/mol. The molecule has 60 valence electrons. The van der Waals surface area contributed by atoms with Gasteiger partial charge in [0.15, 0.2) is 0 Å². The highest BCUT2D eigenvalue weighted by molar-refractivity contribution is 4.55. The minimum atomic E-state index is 0.887. The number of hydrogen-bond donors (Lipinski definition) is 0. The van der Waals surface area contributed by atoms with Gasteiger partial charge in [0.05, 0.1) is 0 Å². The molecule has 1 fully saturated rings. The average Bonchev–Trinajstić information content (AvgIpc) is 2.02. The number of ether oxygens (including phenoxy) is 1. The SMILES string of the molecule is CC1CCCCCOCC1. The van der Waals surface area contributed by atoms with Crippen LogP contribution in [0.1, 0.15) is 39.0 Å². The maximum absolute atomic E-state index is 5.42. The monoisotopic (exact) mass is 142 g/mol. The molecule has 0 amide bonds. The van der Waals surface area contributed by atoms with Crippen LogP contribution in [0.5, 0.6) is 0 Å². The van der Waals surface area contributed by atoms with Crippen LogP contribution in [0.2, 0.25) is 0 Å². The Morgan fingerprint density at radius 3 is 2.80 bits per heavy atom. The predicted octanol–water partition coefficient (Wildman–Crippen LogP) is 2.60. The van der Waals surface area contributed by atoms with E-state index >= 15 is 0 Å². The van der Waals surface area contributed by atoms with Gasteiger partial charge in [0.2, 0.25) is 0 Å². The van der Waals surface area contributed by atoms with E-state index in [2.05, 4.69) is 6.92 Å². The highest BCUT2D eigenvalue weighted by Crippen LogP contribution is 2.14. The Kier molecular flexibility index (Phi) is 3.81. The van der Waals surface area contributed by atoms with E-state index in [-0.39, 0.29) is 0 Å². The molecule has 10 heavy (non-hydrogen) atoms. The maximum atomic E-state index is 5.42. The third-order valence-electron chi connectivity index (χ3n) is 2.24. The molecule has 0 radical (unpaired) electrons. The summed E-state index contributed by atoms with van der Waals surface area (Å²) in [6, 6.07) is 0. The van der Waals surface area contributed by atoms with Crippen LogP contribution in [0, 0.1) is 5.92 Å². The molecular weight excluding hydrogens is 124 g/mol. The first-order valence-electron chi connectivity index (χ1n) is 4.47. The summed E-state index contributed by atoms with van der Waals surface area (Å²) in [5.41, 5.74) is 0. The summed E-state index contributed by atoms with van der Waals surface area (Å²) in [7, 11) is 0. The first kappa shape index (κ1) is 8.06. The van der Waals surface area contributed by atoms with Crippen molar-refractivity contribution in [3.8, 4) is 0 Å². The predicted molar refractivity (Wildman–Crippen MR) is 43.1 cm³/mol. The summed E-state index contributed by atoms with van der Waals surface area (Å²) in [6.45, 7) is 4.31. The lowest BCUT2D eigenvalue weighted by Gasteiger charge is -2.07. The van der Waals surface area contributed by atoms with Crippen molar-refractivity contribution in [2.24, 2.45) is 5.92 Å². The molecule has 0 spiro atoms. The van der Waals surface area contributed by atoms with E-state index < -0.39 is 0 Å². The van der Waals surface area contributed by atoms with Gasteiger partial charge in [-0.1, -0.05) is 26.2 Å². The van der Waals surface area contributed by atoms with Crippen molar-refractivity contribution in [3.05, 3.63) is 0 Å². The van der Waals surface area contributed by atoms with Crippen LogP contribution in [-0.2, 0) is 4.74 Å². The standard InChI is InChI=1S/C9H18O/c1-9-5-3-2-4-7-10-8-6-9/h9H,2-8H2,1H3. The normalized spacial score (nSPS) is 30.3. The summed E-state index contributed by atoms with van der Waals surface area (Å²) >= 11 is 0. The second-order valence-corrected chi connectivity index (χ2v) is 3.36. The molecule has 0 aromatic heterocycles. The van der Waals surface area contributed by atoms with E-state index in [0.717, 1.165) is 19.1 Å². The summed E-state index contributed by atoms with van der Waals surface area (Å²) in [6.07, 6.45) is 6.71. The van der Waals surface area contributed by atoms with Crippen LogP contribution in [0.15, 0.2) is 0 Å². The van der Waals surface area contributed by atoms with Gasteiger partial charge >= 0.3 is 0 Å². The lowest BCUT2D eigenvalue weighted by atomic mass is 10.0. The quantitative estimate of drug-likeness (QED) is 0.505. The van der Waals surface area contributed by atoms with Gasteiger partial charge in [-0.15, -0.1) is 0 Å². The highest BCUT2D eigenvalue weighted by Gasteiger charge is 2.03. The fourth-order valence-electron chi connectivity index (χ4n) is 1.40. The van der Waals surface area contributed by atoms with Crippen molar-refractivity contribution >= 4 is 0 Å². The molecule has 0 aromatic carbocycles. The molecule has 1 rings (SSSR count). The summed E-state index contributed by atoms with van der Waals surface area (Å²) in [5, 5.41) is 0.